The van der Waals surface area contributed by atoms with Crippen LogP contribution in [-0.2, 0) is 38.0 Å². The third kappa shape index (κ3) is 8.15. The van der Waals surface area contributed by atoms with Gasteiger partial charge in [0.2, 0.25) is 5.91 Å². The van der Waals surface area contributed by atoms with Crippen LogP contribution < -0.4 is 5.32 Å². The van der Waals surface area contributed by atoms with Gasteiger partial charge < -0.3 is 74.6 Å². The van der Waals surface area contributed by atoms with Crippen LogP contribution in [0.1, 0.15) is 120 Å². The van der Waals surface area contributed by atoms with Gasteiger partial charge in [0.05, 0.1) is 31.3 Å². The maximum atomic E-state index is 13.1. The molecule has 8 rings (SSSR count). The fourth-order valence-electron chi connectivity index (χ4n) is 14.9. The third-order valence-corrected chi connectivity index (χ3v) is 19.0. The molecule has 21 atom stereocenters. The maximum Gasteiger partial charge on any atom is 0.310 e. The Hall–Kier alpha value is -1.84. The SMILES string of the molecule is CC(=O)N[C@H]1[C@H](O[C@H]2CC[C@@]3(C)C(CC[C@]4(C)C3CC=C3[C@@H]5CC(C)(C)CC[C@]5(C(=O)O)CC[C@]34C)C2(C)C)O[C@H](CO[C@@H]2OC[C@H](O)[C@H](O)[C@H]2O[C@@H]2OC[C@H](O)[C@H](O)[C@H]2O)[C@@H](O)[C@@H]1O. The molecular weight excluding hydrogens is 847 g/mol. The van der Waals surface area contributed by atoms with Crippen molar-refractivity contribution in [3.05, 3.63) is 11.6 Å². The number of ether oxygens (including phenoxy) is 6. The van der Waals surface area contributed by atoms with Gasteiger partial charge in [-0.25, -0.2) is 0 Å². The van der Waals surface area contributed by atoms with E-state index in [1.165, 1.54) is 12.5 Å². The molecule has 17 nitrogen and oxygen atoms in total. The highest BCUT2D eigenvalue weighted by atomic mass is 16.8. The summed E-state index contributed by atoms with van der Waals surface area (Å²) in [5.74, 6) is -0.478. The molecule has 3 saturated heterocycles. The largest absolute Gasteiger partial charge is 0.481 e. The summed E-state index contributed by atoms with van der Waals surface area (Å²) in [5.41, 5.74) is 0.127. The minimum absolute atomic E-state index is 0.0296. The summed E-state index contributed by atoms with van der Waals surface area (Å²) in [4.78, 5) is 25.7. The lowest BCUT2D eigenvalue weighted by molar-refractivity contribution is -0.352. The maximum absolute atomic E-state index is 13.1. The number of allylic oxidation sites excluding steroid dienone is 2. The molecule has 1 amide bonds. The van der Waals surface area contributed by atoms with E-state index in [-0.39, 0.29) is 52.8 Å². The van der Waals surface area contributed by atoms with Gasteiger partial charge in [0, 0.05) is 6.92 Å². The topological polar surface area (TPSA) is 263 Å². The molecule has 17 heteroatoms. The number of aliphatic hydroxyl groups is 7. The third-order valence-electron chi connectivity index (χ3n) is 19.0. The van der Waals surface area contributed by atoms with Gasteiger partial charge in [0.25, 0.3) is 0 Å². The molecule has 0 radical (unpaired) electrons. The number of hydrogen-bond acceptors (Lipinski definition) is 15. The number of carbonyl (C=O) groups excluding carboxylic acids is 1. The number of aliphatic carboxylic acids is 1. The van der Waals surface area contributed by atoms with Gasteiger partial charge in [-0.2, -0.15) is 0 Å². The Labute approximate surface area is 382 Å². The highest BCUT2D eigenvalue weighted by Gasteiger charge is 2.70. The van der Waals surface area contributed by atoms with Gasteiger partial charge in [-0.1, -0.05) is 60.1 Å². The molecule has 9 N–H and O–H groups in total. The Balaban J connectivity index is 0.994. The number of fused-ring (bicyclic) bond motifs is 7. The standard InChI is InChI=1S/C48H77NO16/c1-23(50)49-32-36(56)35(55)28(22-62-41-38(34(54)27(52)21-61-41)65-40-37(57)33(53)26(51)20-60-40)63-39(32)64-31-12-13-45(6)29(44(31,4)5)11-14-47(8)30(45)10-9-24-25-19-43(2,3)15-17-48(25,42(58)59)18-16-46(24,47)7/h9,25-41,51-57H,10-22H2,1-8H3,(H,49,50)(H,58,59)/t25-,26-,27-,28+,29?,30?,31-,32+,33-,34-,35+,36+,37+,38+,39-,40-,41-,45-,46+,47+,48-/m0/s1. The lowest BCUT2D eigenvalue weighted by atomic mass is 9.33. The molecule has 0 spiro atoms. The summed E-state index contributed by atoms with van der Waals surface area (Å²) in [6.07, 6.45) is -7.06. The normalized spacial score (nSPS) is 51.6. The van der Waals surface area contributed by atoms with Gasteiger partial charge in [-0.05, 0) is 109 Å². The Morgan fingerprint density at radius 1 is 0.738 bits per heavy atom. The molecule has 4 saturated carbocycles. The second-order valence-electron chi connectivity index (χ2n) is 23.4. The van der Waals surface area contributed by atoms with E-state index in [9.17, 15) is 50.4 Å². The predicted octanol–water partition coefficient (Wildman–Crippen LogP) is 2.13. The van der Waals surface area contributed by atoms with Crippen LogP contribution >= 0.6 is 0 Å². The molecular formula is C48H77NO16. The molecule has 2 unspecified atom stereocenters. The Morgan fingerprint density at radius 3 is 2.08 bits per heavy atom. The van der Waals surface area contributed by atoms with Crippen LogP contribution in [0.4, 0.5) is 0 Å². The van der Waals surface area contributed by atoms with Crippen molar-refractivity contribution in [1.82, 2.24) is 5.32 Å². The molecule has 65 heavy (non-hydrogen) atoms. The van der Waals surface area contributed by atoms with Crippen LogP contribution in [0.5, 0.6) is 0 Å². The first kappa shape index (κ1) is 49.6. The highest BCUT2D eigenvalue weighted by Crippen LogP contribution is 2.76. The van der Waals surface area contributed by atoms with E-state index in [1.807, 2.05) is 0 Å². The van der Waals surface area contributed by atoms with Crippen molar-refractivity contribution in [2.45, 2.75) is 206 Å². The Kier molecular flexibility index (Phi) is 13.4. The fourth-order valence-corrected chi connectivity index (χ4v) is 14.9. The molecule has 0 aromatic carbocycles. The number of carboxylic acid groups (broad SMARTS) is 1. The number of carboxylic acids is 1. The van der Waals surface area contributed by atoms with Crippen LogP contribution in [0, 0.1) is 50.2 Å². The second kappa shape index (κ2) is 17.5. The van der Waals surface area contributed by atoms with E-state index < -0.39 is 109 Å². The molecule has 370 valence electrons. The minimum Gasteiger partial charge on any atom is -0.481 e. The van der Waals surface area contributed by atoms with Crippen LogP contribution in [0.3, 0.4) is 0 Å². The van der Waals surface area contributed by atoms with E-state index in [0.717, 1.165) is 51.4 Å². The van der Waals surface area contributed by atoms with Crippen molar-refractivity contribution in [3.63, 3.8) is 0 Å². The fraction of sp³-hybridized carbons (Fsp3) is 0.917. The molecule has 0 bridgehead atoms. The molecule has 8 aliphatic rings. The van der Waals surface area contributed by atoms with Crippen LogP contribution in [0.15, 0.2) is 11.6 Å². The average molecular weight is 924 g/mol. The summed E-state index contributed by atoms with van der Waals surface area (Å²) in [6.45, 7) is 16.6. The monoisotopic (exact) mass is 924 g/mol. The number of rotatable bonds is 9. The van der Waals surface area contributed by atoms with Crippen molar-refractivity contribution >= 4 is 11.9 Å². The van der Waals surface area contributed by atoms with Gasteiger partial charge in [0.15, 0.2) is 18.9 Å². The molecule has 5 aliphatic carbocycles. The van der Waals surface area contributed by atoms with Crippen LogP contribution in [-0.4, -0.2) is 159 Å². The quantitative estimate of drug-likeness (QED) is 0.119. The smallest absolute Gasteiger partial charge is 0.310 e. The zero-order chi connectivity index (χ0) is 47.4. The van der Waals surface area contributed by atoms with Gasteiger partial charge in [-0.3, -0.25) is 9.59 Å². The molecule has 7 fully saturated rings. The second-order valence-corrected chi connectivity index (χ2v) is 23.4. The minimum atomic E-state index is -1.70. The first-order chi connectivity index (χ1) is 30.3. The lowest BCUT2D eigenvalue weighted by Gasteiger charge is -2.71. The Morgan fingerprint density at radius 2 is 1.40 bits per heavy atom. The van der Waals surface area contributed by atoms with Crippen molar-refractivity contribution in [1.29, 1.82) is 0 Å². The molecule has 3 aliphatic heterocycles. The van der Waals surface area contributed by atoms with E-state index in [1.54, 1.807) is 0 Å². The van der Waals surface area contributed by atoms with Crippen molar-refractivity contribution in [2.75, 3.05) is 19.8 Å². The predicted molar refractivity (Wildman–Crippen MR) is 230 cm³/mol. The summed E-state index contributed by atoms with van der Waals surface area (Å²) in [5, 5.41) is 88.4. The van der Waals surface area contributed by atoms with Crippen LogP contribution in [0.2, 0.25) is 0 Å². The molecule has 0 aromatic rings. The van der Waals surface area contributed by atoms with E-state index in [2.05, 4.69) is 59.9 Å². The first-order valence-corrected chi connectivity index (χ1v) is 24.1. The van der Waals surface area contributed by atoms with Crippen LogP contribution in [0.25, 0.3) is 0 Å². The molecule has 3 heterocycles. The van der Waals surface area contributed by atoms with E-state index >= 15 is 0 Å². The summed E-state index contributed by atoms with van der Waals surface area (Å²) in [6, 6.07) is -1.14. The van der Waals surface area contributed by atoms with Crippen molar-refractivity contribution in [3.8, 4) is 0 Å². The lowest BCUT2D eigenvalue weighted by Crippen LogP contribution is -2.67. The number of carbonyl (C=O) groups is 2. The van der Waals surface area contributed by atoms with E-state index in [4.69, 9.17) is 28.4 Å². The summed E-state index contributed by atoms with van der Waals surface area (Å²) >= 11 is 0. The summed E-state index contributed by atoms with van der Waals surface area (Å²) < 4.78 is 36.1. The van der Waals surface area contributed by atoms with Gasteiger partial charge in [0.1, 0.15) is 61.0 Å². The van der Waals surface area contributed by atoms with E-state index in [0.29, 0.717) is 18.8 Å². The number of nitrogens with one attached hydrogen (secondary N) is 1. The first-order valence-electron chi connectivity index (χ1n) is 24.1. The zero-order valence-electron chi connectivity index (χ0n) is 39.4. The highest BCUT2D eigenvalue weighted by molar-refractivity contribution is 5.76. The summed E-state index contributed by atoms with van der Waals surface area (Å²) in [7, 11) is 0. The number of hydrogen-bond donors (Lipinski definition) is 9. The van der Waals surface area contributed by atoms with Crippen molar-refractivity contribution in [2.24, 2.45) is 50.2 Å². The number of aliphatic hydroxyl groups excluding tert-OH is 7. The average Bonchev–Trinajstić information content (AvgIpc) is 3.23. The van der Waals surface area contributed by atoms with Crippen molar-refractivity contribution < 1.29 is 78.9 Å². The number of amides is 1. The Bertz CT molecular complexity index is 1810. The van der Waals surface area contributed by atoms with Gasteiger partial charge >= 0.3 is 5.97 Å². The van der Waals surface area contributed by atoms with Gasteiger partial charge in [-0.15, -0.1) is 0 Å². The zero-order valence-corrected chi connectivity index (χ0v) is 39.4. The molecule has 0 aromatic heterocycles.